The number of carbonyl (C=O) groups excluding carboxylic acids is 1. The van der Waals surface area contributed by atoms with E-state index in [-0.39, 0.29) is 17.4 Å². The molecule has 0 radical (unpaired) electrons. The van der Waals surface area contributed by atoms with Gasteiger partial charge in [0.15, 0.2) is 5.78 Å². The molecule has 2 aliphatic rings. The summed E-state index contributed by atoms with van der Waals surface area (Å²) in [5.41, 5.74) is 7.34. The number of hydrogen-bond acceptors (Lipinski definition) is 3. The molecule has 0 amide bonds. The SMILES string of the molecule is COc1ccc(CC2C(Cl)C(=O)CC3(CCC#C[Si](C)(C)C)CC(=C(C)C)CN23)cc1. The first-order valence-corrected chi connectivity index (χ1v) is 15.2. The van der Waals surface area contributed by atoms with Crippen LogP contribution in [0, 0.1) is 11.5 Å². The molecule has 0 N–H and O–H groups in total. The zero-order chi connectivity index (χ0) is 22.8. The highest BCUT2D eigenvalue weighted by Gasteiger charge is 2.53. The van der Waals surface area contributed by atoms with Crippen molar-refractivity contribution in [3.8, 4) is 17.2 Å². The summed E-state index contributed by atoms with van der Waals surface area (Å²) in [6.07, 6.45) is 4.02. The molecule has 3 atom stereocenters. The van der Waals surface area contributed by atoms with Crippen molar-refractivity contribution in [3.63, 3.8) is 0 Å². The largest absolute Gasteiger partial charge is 0.497 e. The zero-order valence-electron chi connectivity index (χ0n) is 19.8. The van der Waals surface area contributed by atoms with E-state index in [0.29, 0.717) is 6.42 Å². The van der Waals surface area contributed by atoms with Crippen molar-refractivity contribution < 1.29 is 9.53 Å². The summed E-state index contributed by atoms with van der Waals surface area (Å²) in [6, 6.07) is 8.13. The molecule has 0 saturated carbocycles. The highest BCUT2D eigenvalue weighted by molar-refractivity contribution is 6.83. The summed E-state index contributed by atoms with van der Waals surface area (Å²) in [6.45, 7) is 12.1. The average molecular weight is 458 g/mol. The van der Waals surface area contributed by atoms with Gasteiger partial charge in [0.2, 0.25) is 0 Å². The van der Waals surface area contributed by atoms with Crippen molar-refractivity contribution in [2.75, 3.05) is 13.7 Å². The van der Waals surface area contributed by atoms with Crippen LogP contribution in [-0.4, -0.2) is 49.4 Å². The molecule has 31 heavy (non-hydrogen) atoms. The molecule has 0 spiro atoms. The summed E-state index contributed by atoms with van der Waals surface area (Å²) >= 11 is 6.76. The van der Waals surface area contributed by atoms with Crippen molar-refractivity contribution in [2.45, 2.75) is 82.6 Å². The van der Waals surface area contributed by atoms with Gasteiger partial charge in [-0.25, -0.2) is 0 Å². The van der Waals surface area contributed by atoms with Crippen LogP contribution in [0.5, 0.6) is 5.75 Å². The third-order valence-corrected chi connectivity index (χ3v) is 8.01. The summed E-state index contributed by atoms with van der Waals surface area (Å²) in [5, 5.41) is -0.472. The molecule has 3 rings (SSSR count). The topological polar surface area (TPSA) is 29.5 Å². The Labute approximate surface area is 194 Å². The quantitative estimate of drug-likeness (QED) is 0.248. The predicted octanol–water partition coefficient (Wildman–Crippen LogP) is 5.63. The van der Waals surface area contributed by atoms with Crippen LogP contribution in [0.15, 0.2) is 35.4 Å². The summed E-state index contributed by atoms with van der Waals surface area (Å²) < 4.78 is 5.30. The second kappa shape index (κ2) is 9.53. The van der Waals surface area contributed by atoms with Gasteiger partial charge in [-0.15, -0.1) is 23.1 Å². The minimum absolute atomic E-state index is 0.00175. The van der Waals surface area contributed by atoms with E-state index in [1.807, 2.05) is 12.1 Å². The van der Waals surface area contributed by atoms with Crippen LogP contribution in [-0.2, 0) is 11.2 Å². The van der Waals surface area contributed by atoms with Gasteiger partial charge < -0.3 is 4.74 Å². The van der Waals surface area contributed by atoms with Gasteiger partial charge in [0.05, 0.1) is 7.11 Å². The van der Waals surface area contributed by atoms with Gasteiger partial charge in [-0.3, -0.25) is 9.69 Å². The van der Waals surface area contributed by atoms with Gasteiger partial charge >= 0.3 is 0 Å². The van der Waals surface area contributed by atoms with Crippen LogP contribution in [0.4, 0.5) is 0 Å². The van der Waals surface area contributed by atoms with E-state index in [4.69, 9.17) is 16.3 Å². The number of hydrogen-bond donors (Lipinski definition) is 0. The number of alkyl halides is 1. The van der Waals surface area contributed by atoms with E-state index in [1.165, 1.54) is 16.7 Å². The molecule has 3 nitrogen and oxygen atoms in total. The number of carbonyl (C=O) groups is 1. The van der Waals surface area contributed by atoms with E-state index >= 15 is 0 Å². The Hall–Kier alpha value is -1.54. The lowest BCUT2D eigenvalue weighted by molar-refractivity contribution is -0.128. The number of piperidine rings is 1. The first kappa shape index (κ1) is 24.1. The lowest BCUT2D eigenvalue weighted by Crippen LogP contribution is -2.61. The summed E-state index contributed by atoms with van der Waals surface area (Å²) in [4.78, 5) is 15.6. The van der Waals surface area contributed by atoms with Gasteiger partial charge in [-0.2, -0.15) is 0 Å². The molecule has 2 heterocycles. The number of ketones is 1. The van der Waals surface area contributed by atoms with Crippen LogP contribution < -0.4 is 4.74 Å². The number of allylic oxidation sites excluding steroid dienone is 1. The van der Waals surface area contributed by atoms with E-state index in [9.17, 15) is 4.79 Å². The van der Waals surface area contributed by atoms with E-state index in [2.05, 4.69) is 62.0 Å². The van der Waals surface area contributed by atoms with Crippen LogP contribution in [0.1, 0.15) is 45.1 Å². The highest BCUT2D eigenvalue weighted by Crippen LogP contribution is 2.47. The maximum atomic E-state index is 13.1. The molecule has 5 heteroatoms. The Balaban J connectivity index is 1.90. The van der Waals surface area contributed by atoms with Crippen LogP contribution in [0.3, 0.4) is 0 Å². The summed E-state index contributed by atoms with van der Waals surface area (Å²) in [7, 11) is 0.284. The number of rotatable bonds is 5. The number of Topliss-reactive ketones (excluding diaryl/α,β-unsaturated/α-hetero) is 1. The Kier molecular flexibility index (Phi) is 7.41. The van der Waals surface area contributed by atoms with Crippen molar-refractivity contribution in [1.82, 2.24) is 4.90 Å². The summed E-state index contributed by atoms with van der Waals surface area (Å²) in [5.74, 6) is 4.46. The van der Waals surface area contributed by atoms with Gasteiger partial charge in [0, 0.05) is 31.0 Å². The lowest BCUT2D eigenvalue weighted by atomic mass is 9.77. The van der Waals surface area contributed by atoms with E-state index < -0.39 is 13.5 Å². The van der Waals surface area contributed by atoms with Gasteiger partial charge in [0.1, 0.15) is 19.2 Å². The molecule has 2 saturated heterocycles. The molecule has 2 aliphatic heterocycles. The molecular weight excluding hydrogens is 422 g/mol. The van der Waals surface area contributed by atoms with E-state index in [0.717, 1.165) is 38.0 Å². The Morgan fingerprint density at radius 2 is 1.90 bits per heavy atom. The molecule has 3 unspecified atom stereocenters. The monoisotopic (exact) mass is 457 g/mol. The number of fused-ring (bicyclic) bond motifs is 1. The fourth-order valence-electron chi connectivity index (χ4n) is 4.85. The maximum Gasteiger partial charge on any atom is 0.154 e. The Morgan fingerprint density at radius 1 is 1.23 bits per heavy atom. The van der Waals surface area contributed by atoms with Crippen LogP contribution >= 0.6 is 11.6 Å². The first-order valence-electron chi connectivity index (χ1n) is 11.3. The number of benzene rings is 1. The molecule has 0 bridgehead atoms. The number of ether oxygens (including phenoxy) is 1. The molecule has 1 aromatic carbocycles. The predicted molar refractivity (Wildman–Crippen MR) is 133 cm³/mol. The maximum absolute atomic E-state index is 13.1. The van der Waals surface area contributed by atoms with Crippen molar-refractivity contribution in [3.05, 3.63) is 41.0 Å². The average Bonchev–Trinajstić information content (AvgIpc) is 3.08. The van der Waals surface area contributed by atoms with Crippen LogP contribution in [0.2, 0.25) is 19.6 Å². The number of nitrogens with zero attached hydrogens (tertiary/aromatic N) is 1. The molecule has 168 valence electrons. The Morgan fingerprint density at radius 3 is 2.48 bits per heavy atom. The fraction of sp³-hybridized carbons (Fsp3) is 0.577. The van der Waals surface area contributed by atoms with Crippen molar-refractivity contribution in [1.29, 1.82) is 0 Å². The van der Waals surface area contributed by atoms with Crippen LogP contribution in [0.25, 0.3) is 0 Å². The van der Waals surface area contributed by atoms with Crippen molar-refractivity contribution >= 4 is 25.5 Å². The minimum Gasteiger partial charge on any atom is -0.497 e. The fourth-order valence-corrected chi connectivity index (χ4v) is 5.81. The van der Waals surface area contributed by atoms with Gasteiger partial charge in [-0.1, -0.05) is 42.9 Å². The van der Waals surface area contributed by atoms with Gasteiger partial charge in [-0.05, 0) is 50.8 Å². The second-order valence-electron chi connectivity index (χ2n) is 10.3. The minimum atomic E-state index is -1.39. The normalized spacial score (nSPS) is 26.3. The van der Waals surface area contributed by atoms with E-state index in [1.54, 1.807) is 7.11 Å². The Bertz CT molecular complexity index is 902. The third kappa shape index (κ3) is 5.63. The van der Waals surface area contributed by atoms with Gasteiger partial charge in [0.25, 0.3) is 0 Å². The zero-order valence-corrected chi connectivity index (χ0v) is 21.6. The second-order valence-corrected chi connectivity index (χ2v) is 15.6. The molecule has 2 fully saturated rings. The standard InChI is InChI=1S/C26H36ClNO2Si/c1-19(2)21-16-26(13-7-8-14-31(4,5)6)17-24(29)25(27)23(28(26)18-21)15-20-9-11-22(30-3)12-10-20/h9-12,23,25H,7,13,15-18H2,1-6H3. The molecule has 0 aliphatic carbocycles. The lowest BCUT2D eigenvalue weighted by Gasteiger charge is -2.48. The molecular formula is C26H36ClNO2Si. The number of methoxy groups -OCH3 is 1. The highest BCUT2D eigenvalue weighted by atomic mass is 35.5. The third-order valence-electron chi connectivity index (χ3n) is 6.55. The number of halogens is 1. The first-order chi connectivity index (χ1) is 14.5. The molecule has 0 aromatic heterocycles. The molecule has 1 aromatic rings. The van der Waals surface area contributed by atoms with Crippen molar-refractivity contribution in [2.24, 2.45) is 0 Å². The smallest absolute Gasteiger partial charge is 0.154 e.